The van der Waals surface area contributed by atoms with E-state index in [0.717, 1.165) is 55.6 Å². The average molecular weight is 336 g/mol. The van der Waals surface area contributed by atoms with Gasteiger partial charge in [0.25, 0.3) is 0 Å². The van der Waals surface area contributed by atoms with Crippen LogP contribution >= 0.6 is 0 Å². The summed E-state index contributed by atoms with van der Waals surface area (Å²) < 4.78 is 25.4. The maximum atomic E-state index is 12.7. The molecule has 0 atom stereocenters. The van der Waals surface area contributed by atoms with Crippen LogP contribution in [0, 0.1) is 0 Å². The van der Waals surface area contributed by atoms with E-state index in [1.807, 2.05) is 18.2 Å². The predicted molar refractivity (Wildman–Crippen MR) is 92.8 cm³/mol. The second-order valence-electron chi connectivity index (χ2n) is 5.99. The number of piperazine rings is 1. The molecular formula is C16H24N4O2S. The molecule has 0 saturated carbocycles. The van der Waals surface area contributed by atoms with Gasteiger partial charge < -0.3 is 10.2 Å². The summed E-state index contributed by atoms with van der Waals surface area (Å²) in [7, 11) is -3.34. The summed E-state index contributed by atoms with van der Waals surface area (Å²) in [5.74, 6) is 0.175. The fourth-order valence-corrected chi connectivity index (χ4v) is 4.55. The lowest BCUT2D eigenvalue weighted by Crippen LogP contribution is -2.43. The first-order valence-electron chi connectivity index (χ1n) is 8.29. The Labute approximate surface area is 137 Å². The van der Waals surface area contributed by atoms with E-state index in [1.165, 1.54) is 0 Å². The van der Waals surface area contributed by atoms with Gasteiger partial charge in [-0.15, -0.1) is 0 Å². The lowest BCUT2D eigenvalue weighted by atomic mass is 10.2. The summed E-state index contributed by atoms with van der Waals surface area (Å²) in [5.41, 5.74) is 1.68. The van der Waals surface area contributed by atoms with Crippen molar-refractivity contribution in [1.82, 2.24) is 15.5 Å². The lowest BCUT2D eigenvalue weighted by Gasteiger charge is -2.30. The van der Waals surface area contributed by atoms with E-state index in [-0.39, 0.29) is 10.8 Å². The molecule has 0 aliphatic carbocycles. The SMILES string of the molecule is CCCCCS(=O)(=O)c1[nH]nc2cccc(N3CCNCC3)c12. The molecule has 0 spiro atoms. The number of H-pyrrole nitrogens is 1. The van der Waals surface area contributed by atoms with Crippen molar-refractivity contribution in [2.75, 3.05) is 36.8 Å². The van der Waals surface area contributed by atoms with Crippen LogP contribution in [0.1, 0.15) is 26.2 Å². The smallest absolute Gasteiger partial charge is 0.195 e. The van der Waals surface area contributed by atoms with Gasteiger partial charge in [-0.25, -0.2) is 8.42 Å². The van der Waals surface area contributed by atoms with Crippen LogP contribution in [0.4, 0.5) is 5.69 Å². The summed E-state index contributed by atoms with van der Waals surface area (Å²) in [6, 6.07) is 5.80. The number of rotatable bonds is 6. The molecule has 1 aliphatic heterocycles. The first kappa shape index (κ1) is 16.3. The zero-order chi connectivity index (χ0) is 16.3. The van der Waals surface area contributed by atoms with Crippen molar-refractivity contribution in [3.05, 3.63) is 18.2 Å². The van der Waals surface area contributed by atoms with Gasteiger partial charge in [-0.3, -0.25) is 5.10 Å². The van der Waals surface area contributed by atoms with Crippen molar-refractivity contribution in [1.29, 1.82) is 0 Å². The Bertz CT molecular complexity index is 763. The van der Waals surface area contributed by atoms with E-state index in [0.29, 0.717) is 6.42 Å². The number of nitrogens with one attached hydrogen (secondary N) is 2. The topological polar surface area (TPSA) is 78.1 Å². The second-order valence-corrected chi connectivity index (χ2v) is 8.03. The van der Waals surface area contributed by atoms with Gasteiger partial charge in [0.05, 0.1) is 16.7 Å². The fraction of sp³-hybridized carbons (Fsp3) is 0.562. The molecule has 3 rings (SSSR count). The van der Waals surface area contributed by atoms with Crippen molar-refractivity contribution < 1.29 is 8.42 Å². The van der Waals surface area contributed by atoms with Crippen molar-refractivity contribution in [3.8, 4) is 0 Å². The molecule has 0 unspecified atom stereocenters. The van der Waals surface area contributed by atoms with Gasteiger partial charge in [0, 0.05) is 31.9 Å². The molecular weight excluding hydrogens is 312 g/mol. The standard InChI is InChI=1S/C16H24N4O2S/c1-2-3-4-12-23(21,22)16-15-13(18-19-16)6-5-7-14(15)20-10-8-17-9-11-20/h5-7,17H,2-4,8-12H2,1H3,(H,18,19). The third-order valence-electron chi connectivity index (χ3n) is 4.31. The third kappa shape index (κ3) is 3.35. The number of unbranched alkanes of at least 4 members (excludes halogenated alkanes) is 2. The number of aromatic nitrogens is 2. The largest absolute Gasteiger partial charge is 0.368 e. The van der Waals surface area contributed by atoms with E-state index in [4.69, 9.17) is 0 Å². The first-order chi connectivity index (χ1) is 11.1. The number of nitrogens with zero attached hydrogens (tertiary/aromatic N) is 2. The van der Waals surface area contributed by atoms with Crippen LogP contribution in [0.15, 0.2) is 23.2 Å². The third-order valence-corrected chi connectivity index (χ3v) is 6.05. The minimum atomic E-state index is -3.34. The second kappa shape index (κ2) is 6.88. The molecule has 0 radical (unpaired) electrons. The molecule has 23 heavy (non-hydrogen) atoms. The highest BCUT2D eigenvalue weighted by molar-refractivity contribution is 7.91. The van der Waals surface area contributed by atoms with Gasteiger partial charge in [-0.05, 0) is 18.6 Å². The van der Waals surface area contributed by atoms with Crippen LogP contribution in [0.3, 0.4) is 0 Å². The molecule has 0 bridgehead atoms. The zero-order valence-electron chi connectivity index (χ0n) is 13.5. The maximum absolute atomic E-state index is 12.7. The molecule has 1 aromatic carbocycles. The molecule has 2 heterocycles. The lowest BCUT2D eigenvalue weighted by molar-refractivity contribution is 0.586. The van der Waals surface area contributed by atoms with Gasteiger partial charge in [-0.1, -0.05) is 25.8 Å². The Balaban J connectivity index is 2.01. The Morgan fingerprint density at radius 3 is 2.74 bits per heavy atom. The number of anilines is 1. The van der Waals surface area contributed by atoms with Crippen LogP contribution < -0.4 is 10.2 Å². The quantitative estimate of drug-likeness (QED) is 0.788. The monoisotopic (exact) mass is 336 g/mol. The van der Waals surface area contributed by atoms with E-state index in [9.17, 15) is 8.42 Å². The Morgan fingerprint density at radius 2 is 2.00 bits per heavy atom. The van der Waals surface area contributed by atoms with E-state index in [1.54, 1.807) is 0 Å². The van der Waals surface area contributed by atoms with E-state index < -0.39 is 9.84 Å². The summed E-state index contributed by atoms with van der Waals surface area (Å²) in [4.78, 5) is 2.24. The Hall–Kier alpha value is -1.60. The van der Waals surface area contributed by atoms with E-state index >= 15 is 0 Å². The molecule has 6 nitrogen and oxygen atoms in total. The van der Waals surface area contributed by atoms with Gasteiger partial charge >= 0.3 is 0 Å². The Kier molecular flexibility index (Phi) is 4.87. The molecule has 2 aromatic rings. The van der Waals surface area contributed by atoms with Crippen LogP contribution in [0.5, 0.6) is 0 Å². The molecule has 7 heteroatoms. The van der Waals surface area contributed by atoms with E-state index in [2.05, 4.69) is 27.3 Å². The van der Waals surface area contributed by atoms with Crippen LogP contribution in [0.25, 0.3) is 10.9 Å². The number of sulfone groups is 1. The molecule has 1 fully saturated rings. The predicted octanol–water partition coefficient (Wildman–Crippen LogP) is 1.94. The fourth-order valence-electron chi connectivity index (χ4n) is 3.06. The van der Waals surface area contributed by atoms with Gasteiger partial charge in [0.2, 0.25) is 0 Å². The highest BCUT2D eigenvalue weighted by atomic mass is 32.2. The Morgan fingerprint density at radius 1 is 1.22 bits per heavy atom. The average Bonchev–Trinajstić information content (AvgIpc) is 3.01. The highest BCUT2D eigenvalue weighted by Crippen LogP contribution is 2.31. The number of hydrogen-bond donors (Lipinski definition) is 2. The minimum Gasteiger partial charge on any atom is -0.368 e. The molecule has 1 saturated heterocycles. The van der Waals surface area contributed by atoms with Crippen LogP contribution in [0.2, 0.25) is 0 Å². The molecule has 1 aromatic heterocycles. The summed E-state index contributed by atoms with van der Waals surface area (Å²) in [6.45, 7) is 5.64. The van der Waals surface area contributed by atoms with Crippen molar-refractivity contribution >= 4 is 26.4 Å². The summed E-state index contributed by atoms with van der Waals surface area (Å²) in [5, 5.41) is 11.3. The molecule has 126 valence electrons. The van der Waals surface area contributed by atoms with Gasteiger partial charge in [0.1, 0.15) is 0 Å². The molecule has 0 amide bonds. The summed E-state index contributed by atoms with van der Waals surface area (Å²) >= 11 is 0. The van der Waals surface area contributed by atoms with Crippen molar-refractivity contribution in [2.45, 2.75) is 31.2 Å². The maximum Gasteiger partial charge on any atom is 0.195 e. The molecule has 2 N–H and O–H groups in total. The van der Waals surface area contributed by atoms with Gasteiger partial charge in [0.15, 0.2) is 14.9 Å². The number of aromatic amines is 1. The minimum absolute atomic E-state index is 0.175. The number of hydrogen-bond acceptors (Lipinski definition) is 5. The van der Waals surface area contributed by atoms with Crippen molar-refractivity contribution in [3.63, 3.8) is 0 Å². The molecule has 1 aliphatic rings. The number of benzene rings is 1. The van der Waals surface area contributed by atoms with Crippen LogP contribution in [-0.2, 0) is 9.84 Å². The first-order valence-corrected chi connectivity index (χ1v) is 9.94. The van der Waals surface area contributed by atoms with Gasteiger partial charge in [-0.2, -0.15) is 5.10 Å². The number of fused-ring (bicyclic) bond motifs is 1. The van der Waals surface area contributed by atoms with Crippen molar-refractivity contribution in [2.24, 2.45) is 0 Å². The summed E-state index contributed by atoms with van der Waals surface area (Å²) in [6.07, 6.45) is 2.62. The zero-order valence-corrected chi connectivity index (χ0v) is 14.3. The normalized spacial score (nSPS) is 16.1. The highest BCUT2D eigenvalue weighted by Gasteiger charge is 2.24. The van der Waals surface area contributed by atoms with Crippen LogP contribution in [-0.4, -0.2) is 50.5 Å².